The summed E-state index contributed by atoms with van der Waals surface area (Å²) in [4.78, 5) is 21.9. The maximum Gasteiger partial charge on any atom is 0.270 e. The van der Waals surface area contributed by atoms with Crippen molar-refractivity contribution in [3.63, 3.8) is 0 Å². The average molecular weight is 304 g/mol. The summed E-state index contributed by atoms with van der Waals surface area (Å²) in [5.74, 6) is 0.128. The predicted molar refractivity (Wildman–Crippen MR) is 78.6 cm³/mol. The number of ether oxygens (including phenoxy) is 1. The Kier molecular flexibility index (Phi) is 4.25. The lowest BCUT2D eigenvalue weighted by molar-refractivity contribution is -0.384. The van der Waals surface area contributed by atoms with E-state index >= 15 is 0 Å². The molecule has 22 heavy (non-hydrogen) atoms. The molecule has 0 atom stereocenters. The number of nitro groups is 1. The van der Waals surface area contributed by atoms with Crippen LogP contribution in [0.5, 0.6) is 0 Å². The Morgan fingerprint density at radius 1 is 1.41 bits per heavy atom. The van der Waals surface area contributed by atoms with Crippen LogP contribution in [-0.2, 0) is 9.53 Å². The molecule has 0 heterocycles. The van der Waals surface area contributed by atoms with E-state index in [1.54, 1.807) is 0 Å². The molecule has 1 aliphatic rings. The number of carbonyl (C=O) groups excluding carboxylic acids is 1. The summed E-state index contributed by atoms with van der Waals surface area (Å²) in [7, 11) is 0. The zero-order chi connectivity index (χ0) is 16.3. The van der Waals surface area contributed by atoms with Crippen LogP contribution in [0.2, 0.25) is 0 Å². The highest BCUT2D eigenvalue weighted by Gasteiger charge is 2.29. The summed E-state index contributed by atoms with van der Waals surface area (Å²) in [5.41, 5.74) is -0.130. The van der Waals surface area contributed by atoms with Crippen LogP contribution in [-0.4, -0.2) is 21.8 Å². The molecule has 0 saturated carbocycles. The van der Waals surface area contributed by atoms with E-state index in [0.717, 1.165) is 0 Å². The molecule has 0 spiro atoms. The first-order chi connectivity index (χ1) is 10.3. The van der Waals surface area contributed by atoms with Crippen molar-refractivity contribution in [1.82, 2.24) is 0 Å². The molecule has 0 amide bonds. The molecule has 7 nitrogen and oxygen atoms in total. The Morgan fingerprint density at radius 2 is 2.14 bits per heavy atom. The van der Waals surface area contributed by atoms with E-state index in [1.165, 1.54) is 30.3 Å². The molecule has 0 radical (unpaired) electrons. The third-order valence-electron chi connectivity index (χ3n) is 3.25. The first-order valence-electron chi connectivity index (χ1n) is 6.69. The number of ketones is 1. The Balaban J connectivity index is 2.25. The average Bonchev–Trinajstić information content (AvgIpc) is 2.42. The molecule has 116 valence electrons. The van der Waals surface area contributed by atoms with Crippen molar-refractivity contribution in [2.75, 3.05) is 0 Å². The van der Waals surface area contributed by atoms with Crippen LogP contribution in [0, 0.1) is 15.5 Å². The number of nitrogens with zero attached hydrogens (tertiary/aromatic N) is 2. The number of allylic oxidation sites excluding steroid dienone is 2. The van der Waals surface area contributed by atoms with Gasteiger partial charge in [0, 0.05) is 36.6 Å². The van der Waals surface area contributed by atoms with Gasteiger partial charge in [0.2, 0.25) is 0 Å². The van der Waals surface area contributed by atoms with Crippen LogP contribution in [0.15, 0.2) is 41.3 Å². The number of rotatable bonds is 3. The van der Waals surface area contributed by atoms with Crippen molar-refractivity contribution in [2.45, 2.75) is 26.7 Å². The lowest BCUT2D eigenvalue weighted by Crippen LogP contribution is -2.24. The zero-order valence-electron chi connectivity index (χ0n) is 12.3. The number of nitro benzene ring substituents is 1. The van der Waals surface area contributed by atoms with Gasteiger partial charge in [-0.25, -0.2) is 0 Å². The van der Waals surface area contributed by atoms with Crippen LogP contribution in [0.25, 0.3) is 0 Å². The second-order valence-corrected chi connectivity index (χ2v) is 5.91. The highest BCUT2D eigenvalue weighted by Crippen LogP contribution is 2.34. The van der Waals surface area contributed by atoms with E-state index in [9.17, 15) is 14.9 Å². The van der Waals surface area contributed by atoms with Gasteiger partial charge in [0.05, 0.1) is 4.92 Å². The van der Waals surface area contributed by atoms with Crippen LogP contribution in [0.4, 0.5) is 5.69 Å². The normalized spacial score (nSPS) is 17.8. The van der Waals surface area contributed by atoms with Crippen molar-refractivity contribution in [3.05, 3.63) is 51.8 Å². The number of hydrogen-bond acceptors (Lipinski definition) is 6. The van der Waals surface area contributed by atoms with Crippen LogP contribution in [0.3, 0.4) is 0 Å². The molecular formula is C15H16N2O5. The smallest absolute Gasteiger partial charge is 0.270 e. The van der Waals surface area contributed by atoms with Gasteiger partial charge in [0.1, 0.15) is 5.76 Å². The second kappa shape index (κ2) is 5.97. The summed E-state index contributed by atoms with van der Waals surface area (Å²) < 4.78 is 5.49. The van der Waals surface area contributed by atoms with Crippen LogP contribution < -0.4 is 0 Å². The minimum Gasteiger partial charge on any atom is -0.440 e. The molecule has 1 aromatic rings. The van der Waals surface area contributed by atoms with E-state index in [0.29, 0.717) is 18.6 Å². The third kappa shape index (κ3) is 3.69. The highest BCUT2D eigenvalue weighted by atomic mass is 16.6. The molecule has 0 bridgehead atoms. The van der Waals surface area contributed by atoms with Gasteiger partial charge >= 0.3 is 0 Å². The summed E-state index contributed by atoms with van der Waals surface area (Å²) in [5, 5.41) is 23.0. The number of non-ortho nitro benzene ring substituents is 1. The van der Waals surface area contributed by atoms with Crippen molar-refractivity contribution >= 4 is 17.4 Å². The predicted octanol–water partition coefficient (Wildman–Crippen LogP) is 3.02. The third-order valence-corrected chi connectivity index (χ3v) is 3.25. The quantitative estimate of drug-likeness (QED) is 0.304. The maximum absolute atomic E-state index is 11.7. The Hall–Kier alpha value is -2.70. The molecular weight excluding hydrogens is 288 g/mol. The van der Waals surface area contributed by atoms with Crippen LogP contribution >= 0.6 is 0 Å². The Bertz CT molecular complexity index is 676. The van der Waals surface area contributed by atoms with E-state index < -0.39 is 4.92 Å². The lowest BCUT2D eigenvalue weighted by atomic mass is 9.79. The first kappa shape index (κ1) is 15.7. The first-order valence-corrected chi connectivity index (χ1v) is 6.69. The summed E-state index contributed by atoms with van der Waals surface area (Å²) in [6.07, 6.45) is 2.29. The van der Waals surface area contributed by atoms with Crippen LogP contribution in [0.1, 0.15) is 32.3 Å². The van der Waals surface area contributed by atoms with Crippen molar-refractivity contribution < 1.29 is 19.7 Å². The molecule has 2 rings (SSSR count). The number of carbonyl (C=O) groups is 1. The van der Waals surface area contributed by atoms with Crippen molar-refractivity contribution in [3.8, 4) is 0 Å². The van der Waals surface area contributed by atoms with Gasteiger partial charge in [-0.3, -0.25) is 14.9 Å². The molecule has 7 heteroatoms. The topological polar surface area (TPSA) is 102 Å². The summed E-state index contributed by atoms with van der Waals surface area (Å²) >= 11 is 0. The Labute approximate surface area is 127 Å². The second-order valence-electron chi connectivity index (χ2n) is 5.91. The van der Waals surface area contributed by atoms with Gasteiger partial charge in [0.15, 0.2) is 5.78 Å². The fourth-order valence-corrected chi connectivity index (χ4v) is 2.37. The lowest BCUT2D eigenvalue weighted by Gasteiger charge is -2.28. The maximum atomic E-state index is 11.7. The van der Waals surface area contributed by atoms with Gasteiger partial charge in [-0.05, 0) is 16.6 Å². The molecule has 0 saturated heterocycles. The minimum atomic E-state index is -0.551. The van der Waals surface area contributed by atoms with Crippen molar-refractivity contribution in [1.29, 1.82) is 0 Å². The standard InChI is InChI=1S/C15H16N2O5/c1-15(2)8-12(18)7-13(9-15)22-14(16-19)10-4-3-5-11(6-10)17(20)21/h3-7,19H,8-9H2,1-2H3/b16-14+. The fraction of sp³-hybridized carbons (Fsp3) is 0.333. The Morgan fingerprint density at radius 3 is 2.73 bits per heavy atom. The van der Waals surface area contributed by atoms with Gasteiger partial charge in [-0.1, -0.05) is 19.9 Å². The van der Waals surface area contributed by atoms with E-state index in [1.807, 2.05) is 13.8 Å². The number of benzene rings is 1. The van der Waals surface area contributed by atoms with Gasteiger partial charge in [0.25, 0.3) is 11.6 Å². The van der Waals surface area contributed by atoms with E-state index in [-0.39, 0.29) is 28.3 Å². The molecule has 0 aromatic heterocycles. The fourth-order valence-electron chi connectivity index (χ4n) is 2.37. The summed E-state index contributed by atoms with van der Waals surface area (Å²) in [6, 6.07) is 5.56. The van der Waals surface area contributed by atoms with Gasteiger partial charge in [-0.2, -0.15) is 0 Å². The van der Waals surface area contributed by atoms with E-state index in [2.05, 4.69) is 5.16 Å². The molecule has 1 N–H and O–H groups in total. The molecule has 0 fully saturated rings. The van der Waals surface area contributed by atoms with E-state index in [4.69, 9.17) is 9.94 Å². The van der Waals surface area contributed by atoms with Gasteiger partial charge in [-0.15, -0.1) is 0 Å². The monoisotopic (exact) mass is 304 g/mol. The minimum absolute atomic E-state index is 0.0671. The number of oxime groups is 1. The summed E-state index contributed by atoms with van der Waals surface area (Å²) in [6.45, 7) is 3.87. The molecule has 1 aromatic carbocycles. The van der Waals surface area contributed by atoms with Gasteiger partial charge < -0.3 is 9.94 Å². The van der Waals surface area contributed by atoms with Crippen molar-refractivity contribution in [2.24, 2.45) is 10.6 Å². The highest BCUT2D eigenvalue weighted by molar-refractivity contribution is 5.96. The molecule has 0 unspecified atom stereocenters. The largest absolute Gasteiger partial charge is 0.440 e. The molecule has 0 aliphatic heterocycles. The zero-order valence-corrected chi connectivity index (χ0v) is 12.3. The molecule has 1 aliphatic carbocycles. The number of hydrogen-bond donors (Lipinski definition) is 1. The SMILES string of the molecule is CC1(C)CC(=O)C=C(O/C(=N/O)c2cccc([N+](=O)[O-])c2)C1.